The predicted molar refractivity (Wildman–Crippen MR) is 45.5 cm³/mol. The molecule has 66 valence electrons. The maximum absolute atomic E-state index is 5.38. The van der Waals surface area contributed by atoms with Crippen molar-refractivity contribution in [3.63, 3.8) is 0 Å². The summed E-state index contributed by atoms with van der Waals surface area (Å²) in [6.07, 6.45) is 5.28. The van der Waals surface area contributed by atoms with E-state index in [-0.39, 0.29) is 6.01 Å². The average molecular weight is 167 g/mol. The van der Waals surface area contributed by atoms with Crippen molar-refractivity contribution in [3.05, 3.63) is 12.0 Å². The second-order valence-corrected chi connectivity index (χ2v) is 3.11. The second-order valence-electron chi connectivity index (χ2n) is 3.11. The molecule has 1 fully saturated rings. The Morgan fingerprint density at radius 3 is 3.08 bits per heavy atom. The zero-order chi connectivity index (χ0) is 8.39. The van der Waals surface area contributed by atoms with Gasteiger partial charge < -0.3 is 15.5 Å². The van der Waals surface area contributed by atoms with Gasteiger partial charge in [0.2, 0.25) is 0 Å². The molecule has 0 saturated carbocycles. The lowest BCUT2D eigenvalue weighted by Crippen LogP contribution is -2.26. The van der Waals surface area contributed by atoms with Gasteiger partial charge in [-0.15, -0.1) is 0 Å². The molecule has 0 spiro atoms. The number of nitrogens with zero attached hydrogens (tertiary/aromatic N) is 1. The summed E-state index contributed by atoms with van der Waals surface area (Å²) >= 11 is 0. The van der Waals surface area contributed by atoms with Gasteiger partial charge in [0, 0.05) is 0 Å². The van der Waals surface area contributed by atoms with Crippen molar-refractivity contribution >= 4 is 6.01 Å². The van der Waals surface area contributed by atoms with Crippen LogP contribution in [0.25, 0.3) is 0 Å². The van der Waals surface area contributed by atoms with Gasteiger partial charge in [-0.1, -0.05) is 6.42 Å². The van der Waals surface area contributed by atoms with Gasteiger partial charge in [-0.05, 0) is 19.4 Å². The first-order valence-electron chi connectivity index (χ1n) is 4.30. The lowest BCUT2D eigenvalue weighted by molar-refractivity contribution is 0.404. The van der Waals surface area contributed by atoms with E-state index < -0.39 is 0 Å². The fraction of sp³-hybridized carbons (Fsp3) is 0.625. The molecular formula is C8H13N3O. The molecule has 0 aromatic carbocycles. The molecule has 0 aliphatic carbocycles. The quantitative estimate of drug-likeness (QED) is 0.656. The first-order valence-corrected chi connectivity index (χ1v) is 4.30. The number of nitrogen functional groups attached to an aromatic ring is 1. The molecule has 1 aliphatic heterocycles. The Morgan fingerprint density at radius 2 is 2.50 bits per heavy atom. The summed E-state index contributed by atoms with van der Waals surface area (Å²) in [6, 6.07) is 0.608. The van der Waals surface area contributed by atoms with Crippen LogP contribution in [0, 0.1) is 0 Å². The highest BCUT2D eigenvalue weighted by Gasteiger charge is 2.17. The Kier molecular flexibility index (Phi) is 1.99. The summed E-state index contributed by atoms with van der Waals surface area (Å²) in [4.78, 5) is 4.08. The number of hydrogen-bond donors (Lipinski definition) is 2. The summed E-state index contributed by atoms with van der Waals surface area (Å²) < 4.78 is 4.94. The zero-order valence-electron chi connectivity index (χ0n) is 6.92. The Bertz CT molecular complexity index is 253. The molecule has 1 atom stereocenters. The van der Waals surface area contributed by atoms with Crippen molar-refractivity contribution in [1.29, 1.82) is 0 Å². The number of rotatable bonds is 1. The molecule has 2 rings (SSSR count). The SMILES string of the molecule is Nc1nc(C2CCCCN2)co1. The van der Waals surface area contributed by atoms with Crippen LogP contribution in [0.2, 0.25) is 0 Å². The minimum Gasteiger partial charge on any atom is -0.432 e. The fourth-order valence-electron chi connectivity index (χ4n) is 1.57. The molecule has 1 aromatic rings. The number of aromatic nitrogens is 1. The summed E-state index contributed by atoms with van der Waals surface area (Å²) in [6.45, 7) is 1.07. The third-order valence-electron chi connectivity index (χ3n) is 2.21. The molecule has 4 nitrogen and oxygen atoms in total. The van der Waals surface area contributed by atoms with E-state index in [2.05, 4.69) is 10.3 Å². The van der Waals surface area contributed by atoms with E-state index in [0.29, 0.717) is 6.04 Å². The molecule has 0 radical (unpaired) electrons. The van der Waals surface area contributed by atoms with Crippen LogP contribution in [0.5, 0.6) is 0 Å². The van der Waals surface area contributed by atoms with Crippen molar-refractivity contribution in [2.75, 3.05) is 12.3 Å². The van der Waals surface area contributed by atoms with Crippen molar-refractivity contribution in [3.8, 4) is 0 Å². The van der Waals surface area contributed by atoms with Gasteiger partial charge >= 0.3 is 0 Å². The number of piperidine rings is 1. The van der Waals surface area contributed by atoms with Crippen LogP contribution in [-0.4, -0.2) is 11.5 Å². The highest BCUT2D eigenvalue weighted by atomic mass is 16.4. The van der Waals surface area contributed by atoms with E-state index in [9.17, 15) is 0 Å². The summed E-state index contributed by atoms with van der Waals surface area (Å²) in [5.41, 5.74) is 6.32. The van der Waals surface area contributed by atoms with Crippen LogP contribution in [0.1, 0.15) is 31.0 Å². The molecule has 4 heteroatoms. The van der Waals surface area contributed by atoms with Gasteiger partial charge in [0.05, 0.1) is 11.7 Å². The molecule has 3 N–H and O–H groups in total. The number of hydrogen-bond acceptors (Lipinski definition) is 4. The molecule has 0 bridgehead atoms. The van der Waals surface area contributed by atoms with Crippen LogP contribution in [0.3, 0.4) is 0 Å². The van der Waals surface area contributed by atoms with Gasteiger partial charge in [0.15, 0.2) is 0 Å². The van der Waals surface area contributed by atoms with Crippen molar-refractivity contribution in [1.82, 2.24) is 10.3 Å². The standard InChI is InChI=1S/C8H13N3O/c9-8-11-7(5-12-8)6-3-1-2-4-10-6/h5-6,10H,1-4H2,(H2,9,11). The highest BCUT2D eigenvalue weighted by molar-refractivity contribution is 5.15. The molecule has 0 amide bonds. The third kappa shape index (κ3) is 1.43. The van der Waals surface area contributed by atoms with Gasteiger partial charge in [0.1, 0.15) is 6.26 Å². The number of nitrogens with two attached hydrogens (primary N) is 1. The summed E-state index contributed by atoms with van der Waals surface area (Å²) in [7, 11) is 0. The summed E-state index contributed by atoms with van der Waals surface area (Å²) in [5.74, 6) is 0. The maximum atomic E-state index is 5.38. The van der Waals surface area contributed by atoms with Crippen LogP contribution in [0.4, 0.5) is 6.01 Å². The van der Waals surface area contributed by atoms with Gasteiger partial charge in [-0.2, -0.15) is 4.98 Å². The summed E-state index contributed by atoms with van der Waals surface area (Å²) in [5, 5.41) is 3.37. The first kappa shape index (κ1) is 7.61. The van der Waals surface area contributed by atoms with Crippen molar-refractivity contribution in [2.24, 2.45) is 0 Å². The lowest BCUT2D eigenvalue weighted by Gasteiger charge is -2.20. The minimum atomic E-state index is 0.261. The Morgan fingerprint density at radius 1 is 1.58 bits per heavy atom. The van der Waals surface area contributed by atoms with E-state index >= 15 is 0 Å². The van der Waals surface area contributed by atoms with E-state index in [1.165, 1.54) is 12.8 Å². The number of oxazole rings is 1. The predicted octanol–water partition coefficient (Wildman–Crippen LogP) is 1.07. The van der Waals surface area contributed by atoms with E-state index in [4.69, 9.17) is 10.2 Å². The van der Waals surface area contributed by atoms with Crippen LogP contribution < -0.4 is 11.1 Å². The molecule has 1 aliphatic rings. The third-order valence-corrected chi connectivity index (χ3v) is 2.21. The minimum absolute atomic E-state index is 0.261. The molecule has 12 heavy (non-hydrogen) atoms. The average Bonchev–Trinajstić information content (AvgIpc) is 2.54. The van der Waals surface area contributed by atoms with E-state index in [0.717, 1.165) is 18.7 Å². The van der Waals surface area contributed by atoms with E-state index in [1.807, 2.05) is 0 Å². The Labute approximate surface area is 71.2 Å². The second kappa shape index (κ2) is 3.15. The Hall–Kier alpha value is -1.03. The smallest absolute Gasteiger partial charge is 0.292 e. The number of anilines is 1. The Balaban J connectivity index is 2.08. The zero-order valence-corrected chi connectivity index (χ0v) is 6.92. The molecular weight excluding hydrogens is 154 g/mol. The lowest BCUT2D eigenvalue weighted by atomic mass is 10.0. The fourth-order valence-corrected chi connectivity index (χ4v) is 1.57. The van der Waals surface area contributed by atoms with E-state index in [1.54, 1.807) is 6.26 Å². The maximum Gasteiger partial charge on any atom is 0.292 e. The molecule has 2 heterocycles. The van der Waals surface area contributed by atoms with Gasteiger partial charge in [-0.25, -0.2) is 0 Å². The molecule has 1 aromatic heterocycles. The normalized spacial score (nSPS) is 24.2. The van der Waals surface area contributed by atoms with Gasteiger partial charge in [0.25, 0.3) is 6.01 Å². The largest absolute Gasteiger partial charge is 0.432 e. The van der Waals surface area contributed by atoms with Crippen molar-refractivity contribution in [2.45, 2.75) is 25.3 Å². The molecule has 1 saturated heterocycles. The van der Waals surface area contributed by atoms with Crippen LogP contribution >= 0.6 is 0 Å². The van der Waals surface area contributed by atoms with Crippen molar-refractivity contribution < 1.29 is 4.42 Å². The topological polar surface area (TPSA) is 64.1 Å². The van der Waals surface area contributed by atoms with Gasteiger partial charge in [-0.3, -0.25) is 0 Å². The number of nitrogens with one attached hydrogen (secondary N) is 1. The first-order chi connectivity index (χ1) is 5.86. The highest BCUT2D eigenvalue weighted by Crippen LogP contribution is 2.22. The van der Waals surface area contributed by atoms with Crippen LogP contribution in [-0.2, 0) is 0 Å². The monoisotopic (exact) mass is 167 g/mol. The molecule has 1 unspecified atom stereocenters. The van der Waals surface area contributed by atoms with Crippen LogP contribution in [0.15, 0.2) is 10.7 Å².